The number of hydrogen-bond donors (Lipinski definition) is 1. The molecule has 1 fully saturated rings. The molecule has 0 bridgehead atoms. The second-order valence-electron chi connectivity index (χ2n) is 8.16. The second-order valence-corrected chi connectivity index (χ2v) is 8.16. The Morgan fingerprint density at radius 3 is 2.35 bits per heavy atom. The Balaban J connectivity index is 1.24. The number of amides is 1. The predicted octanol–water partition coefficient (Wildman–Crippen LogP) is 4.31. The van der Waals surface area contributed by atoms with Gasteiger partial charge in [-0.1, -0.05) is 48.5 Å². The van der Waals surface area contributed by atoms with Crippen LogP contribution in [0.1, 0.15) is 24.2 Å². The number of likely N-dealkylation sites (tertiary alicyclic amines) is 1. The average molecular weight is 418 g/mol. The van der Waals surface area contributed by atoms with E-state index in [0.717, 1.165) is 56.9 Å². The molecule has 2 heterocycles. The molecule has 5 heteroatoms. The second kappa shape index (κ2) is 10.8. The van der Waals surface area contributed by atoms with Gasteiger partial charge in [-0.15, -0.1) is 0 Å². The first-order chi connectivity index (χ1) is 15.3. The van der Waals surface area contributed by atoms with Gasteiger partial charge in [-0.2, -0.15) is 0 Å². The minimum atomic E-state index is 0.119. The minimum absolute atomic E-state index is 0.119. The lowest BCUT2D eigenvalue weighted by molar-refractivity contribution is -0.126. The lowest BCUT2D eigenvalue weighted by Gasteiger charge is -2.33. The number of benzene rings is 2. The molecule has 1 aliphatic heterocycles. The van der Waals surface area contributed by atoms with E-state index in [0.29, 0.717) is 6.54 Å². The quantitative estimate of drug-likeness (QED) is 0.564. The molecule has 5 nitrogen and oxygen atoms in total. The number of hydrogen-bond acceptors (Lipinski definition) is 4. The third-order valence-corrected chi connectivity index (χ3v) is 6.00. The van der Waals surface area contributed by atoms with Crippen LogP contribution in [0, 0.1) is 5.92 Å². The van der Waals surface area contributed by atoms with Crippen molar-refractivity contribution in [3.63, 3.8) is 0 Å². The van der Waals surface area contributed by atoms with Gasteiger partial charge in [0.1, 0.15) is 5.76 Å². The topological polar surface area (TPSA) is 48.7 Å². The van der Waals surface area contributed by atoms with E-state index in [2.05, 4.69) is 39.4 Å². The van der Waals surface area contributed by atoms with Gasteiger partial charge in [-0.05, 0) is 55.8 Å². The van der Waals surface area contributed by atoms with Gasteiger partial charge in [-0.3, -0.25) is 4.79 Å². The fourth-order valence-electron chi connectivity index (χ4n) is 4.14. The fraction of sp³-hybridized carbons (Fsp3) is 0.346. The van der Waals surface area contributed by atoms with E-state index in [1.807, 2.05) is 48.5 Å². The lowest BCUT2D eigenvalue weighted by atomic mass is 9.96. The van der Waals surface area contributed by atoms with Crippen LogP contribution in [0.4, 0.5) is 5.69 Å². The van der Waals surface area contributed by atoms with Crippen LogP contribution in [0.3, 0.4) is 0 Å². The van der Waals surface area contributed by atoms with Crippen molar-refractivity contribution in [2.45, 2.75) is 25.9 Å². The molecular formula is C26H31N3O2. The molecule has 1 amide bonds. The first kappa shape index (κ1) is 21.2. The van der Waals surface area contributed by atoms with Crippen molar-refractivity contribution in [1.29, 1.82) is 0 Å². The molecule has 1 N–H and O–H groups in total. The summed E-state index contributed by atoms with van der Waals surface area (Å²) in [7, 11) is 0. The number of anilines is 1. The fourth-order valence-corrected chi connectivity index (χ4v) is 4.14. The van der Waals surface area contributed by atoms with Crippen molar-refractivity contribution in [3.05, 3.63) is 90.4 Å². The summed E-state index contributed by atoms with van der Waals surface area (Å²) < 4.78 is 5.57. The molecule has 2 aromatic carbocycles. The average Bonchev–Trinajstić information content (AvgIpc) is 3.35. The summed E-state index contributed by atoms with van der Waals surface area (Å²) in [5.74, 6) is 1.28. The molecule has 31 heavy (non-hydrogen) atoms. The maximum atomic E-state index is 12.6. The van der Waals surface area contributed by atoms with Crippen LogP contribution in [-0.2, 0) is 17.9 Å². The van der Waals surface area contributed by atoms with Gasteiger partial charge in [0.2, 0.25) is 5.91 Å². The van der Waals surface area contributed by atoms with Crippen molar-refractivity contribution < 1.29 is 9.21 Å². The van der Waals surface area contributed by atoms with Crippen LogP contribution >= 0.6 is 0 Å². The Labute approximate surface area is 184 Å². The third-order valence-electron chi connectivity index (χ3n) is 6.00. The highest BCUT2D eigenvalue weighted by atomic mass is 16.3. The molecule has 0 radical (unpaired) electrons. The van der Waals surface area contributed by atoms with Gasteiger partial charge in [0.15, 0.2) is 0 Å². The van der Waals surface area contributed by atoms with Crippen LogP contribution in [0.15, 0.2) is 83.5 Å². The van der Waals surface area contributed by atoms with Crippen molar-refractivity contribution >= 4 is 11.6 Å². The Morgan fingerprint density at radius 2 is 1.68 bits per heavy atom. The molecule has 1 saturated heterocycles. The Bertz CT molecular complexity index is 904. The van der Waals surface area contributed by atoms with Crippen molar-refractivity contribution in [3.8, 4) is 0 Å². The zero-order chi connectivity index (χ0) is 21.3. The standard InChI is InChI=1S/C26H31N3O2/c30-26(27-20-22-8-3-1-4-9-22)23-13-15-28(16-14-23)17-18-29(21-25-12-7-19-31-25)24-10-5-2-6-11-24/h1-12,19,23H,13-18,20-21H2,(H,27,30). The number of carbonyl (C=O) groups is 1. The normalized spacial score (nSPS) is 15.0. The van der Waals surface area contributed by atoms with E-state index in [1.165, 1.54) is 5.69 Å². The number of furan rings is 1. The van der Waals surface area contributed by atoms with Crippen LogP contribution in [-0.4, -0.2) is 37.0 Å². The van der Waals surface area contributed by atoms with E-state index < -0.39 is 0 Å². The number of piperidine rings is 1. The van der Waals surface area contributed by atoms with Gasteiger partial charge in [0, 0.05) is 31.2 Å². The van der Waals surface area contributed by atoms with E-state index in [1.54, 1.807) is 6.26 Å². The third kappa shape index (κ3) is 6.22. The molecule has 0 unspecified atom stereocenters. The van der Waals surface area contributed by atoms with Crippen LogP contribution < -0.4 is 10.2 Å². The van der Waals surface area contributed by atoms with Crippen LogP contribution in [0.5, 0.6) is 0 Å². The molecule has 1 aromatic heterocycles. The Morgan fingerprint density at radius 1 is 0.968 bits per heavy atom. The van der Waals surface area contributed by atoms with Crippen molar-refractivity contribution in [2.75, 3.05) is 31.1 Å². The Kier molecular flexibility index (Phi) is 7.40. The van der Waals surface area contributed by atoms with Gasteiger partial charge in [0.05, 0.1) is 12.8 Å². The molecule has 4 rings (SSSR count). The summed E-state index contributed by atoms with van der Waals surface area (Å²) in [6.07, 6.45) is 3.57. The molecule has 162 valence electrons. The zero-order valence-electron chi connectivity index (χ0n) is 18.0. The van der Waals surface area contributed by atoms with Crippen molar-refractivity contribution in [2.24, 2.45) is 5.92 Å². The minimum Gasteiger partial charge on any atom is -0.467 e. The van der Waals surface area contributed by atoms with Gasteiger partial charge >= 0.3 is 0 Å². The van der Waals surface area contributed by atoms with Gasteiger partial charge in [-0.25, -0.2) is 0 Å². The first-order valence-electron chi connectivity index (χ1n) is 11.1. The highest BCUT2D eigenvalue weighted by Gasteiger charge is 2.25. The van der Waals surface area contributed by atoms with E-state index in [9.17, 15) is 4.79 Å². The van der Waals surface area contributed by atoms with Gasteiger partial charge in [0.25, 0.3) is 0 Å². The number of nitrogens with zero attached hydrogens (tertiary/aromatic N) is 2. The molecule has 0 aliphatic carbocycles. The molecule has 0 saturated carbocycles. The summed E-state index contributed by atoms with van der Waals surface area (Å²) in [4.78, 5) is 17.4. The molecule has 3 aromatic rings. The predicted molar refractivity (Wildman–Crippen MR) is 124 cm³/mol. The highest BCUT2D eigenvalue weighted by Crippen LogP contribution is 2.20. The monoisotopic (exact) mass is 417 g/mol. The number of rotatable bonds is 9. The highest BCUT2D eigenvalue weighted by molar-refractivity contribution is 5.78. The smallest absolute Gasteiger partial charge is 0.223 e. The van der Waals surface area contributed by atoms with E-state index in [-0.39, 0.29) is 11.8 Å². The van der Waals surface area contributed by atoms with E-state index in [4.69, 9.17) is 4.42 Å². The first-order valence-corrected chi connectivity index (χ1v) is 11.1. The SMILES string of the molecule is O=C(NCc1ccccc1)C1CCN(CCN(Cc2ccco2)c2ccccc2)CC1. The number of carbonyl (C=O) groups excluding carboxylic acids is 1. The van der Waals surface area contributed by atoms with Crippen LogP contribution in [0.25, 0.3) is 0 Å². The lowest BCUT2D eigenvalue weighted by Crippen LogP contribution is -2.43. The number of nitrogens with one attached hydrogen (secondary N) is 1. The van der Waals surface area contributed by atoms with E-state index >= 15 is 0 Å². The summed E-state index contributed by atoms with van der Waals surface area (Å²) in [6, 6.07) is 24.5. The van der Waals surface area contributed by atoms with Crippen molar-refractivity contribution in [1.82, 2.24) is 10.2 Å². The number of para-hydroxylation sites is 1. The maximum absolute atomic E-state index is 12.6. The zero-order valence-corrected chi connectivity index (χ0v) is 18.0. The maximum Gasteiger partial charge on any atom is 0.223 e. The summed E-state index contributed by atoms with van der Waals surface area (Å²) in [6.45, 7) is 5.21. The molecule has 0 spiro atoms. The summed E-state index contributed by atoms with van der Waals surface area (Å²) in [5.41, 5.74) is 2.35. The van der Waals surface area contributed by atoms with Gasteiger partial charge < -0.3 is 19.5 Å². The molecule has 1 aliphatic rings. The molecule has 0 atom stereocenters. The largest absolute Gasteiger partial charge is 0.467 e. The van der Waals surface area contributed by atoms with Crippen LogP contribution in [0.2, 0.25) is 0 Å². The Hall–Kier alpha value is -3.05. The summed E-state index contributed by atoms with van der Waals surface area (Å²) >= 11 is 0. The summed E-state index contributed by atoms with van der Waals surface area (Å²) in [5, 5.41) is 3.10. The molecular weight excluding hydrogens is 386 g/mol.